The minimum absolute atomic E-state index is 0.0287. The van der Waals surface area contributed by atoms with E-state index in [9.17, 15) is 22.8 Å². The van der Waals surface area contributed by atoms with E-state index in [0.717, 1.165) is 11.6 Å². The zero-order chi connectivity index (χ0) is 26.6. The van der Waals surface area contributed by atoms with Gasteiger partial charge in [-0.2, -0.15) is 0 Å². The summed E-state index contributed by atoms with van der Waals surface area (Å²) in [5.74, 6) is -1.96. The summed E-state index contributed by atoms with van der Waals surface area (Å²) in [7, 11) is 0. The van der Waals surface area contributed by atoms with Crippen LogP contribution in [-0.2, 0) is 24.6 Å². The molecule has 1 aliphatic carbocycles. The first kappa shape index (κ1) is 26.4. The lowest BCUT2D eigenvalue weighted by Gasteiger charge is -2.41. The van der Waals surface area contributed by atoms with Crippen molar-refractivity contribution in [2.24, 2.45) is 5.73 Å². The summed E-state index contributed by atoms with van der Waals surface area (Å²) in [6.07, 6.45) is -1.84. The van der Waals surface area contributed by atoms with Crippen molar-refractivity contribution in [1.29, 1.82) is 0 Å². The third kappa shape index (κ3) is 6.00. The third-order valence-corrected chi connectivity index (χ3v) is 6.49. The summed E-state index contributed by atoms with van der Waals surface area (Å²) in [6, 6.07) is 11.7. The molecule has 3 N–H and O–H groups in total. The highest BCUT2D eigenvalue weighted by Gasteiger charge is 2.48. The van der Waals surface area contributed by atoms with Crippen LogP contribution in [0.15, 0.2) is 72.1 Å². The number of primary amides is 1. The van der Waals surface area contributed by atoms with Gasteiger partial charge in [0.05, 0.1) is 24.9 Å². The zero-order valence-corrected chi connectivity index (χ0v) is 20.1. The summed E-state index contributed by atoms with van der Waals surface area (Å²) in [6.45, 7) is 3.51. The Balaban J connectivity index is 1.77. The Kier molecular flexibility index (Phi) is 7.65. The fraction of sp³-hybridized carbons (Fsp3) is 0.346. The van der Waals surface area contributed by atoms with Crippen molar-refractivity contribution in [3.63, 3.8) is 0 Å². The monoisotopic (exact) mass is 516 g/mol. The zero-order valence-electron chi connectivity index (χ0n) is 20.1. The number of allylic oxidation sites excluding steroid dienone is 2. The summed E-state index contributed by atoms with van der Waals surface area (Å²) >= 11 is 0. The molecule has 2 amide bonds. The predicted molar refractivity (Wildman–Crippen MR) is 128 cm³/mol. The van der Waals surface area contributed by atoms with E-state index in [0.29, 0.717) is 32.0 Å². The smallest absolute Gasteiger partial charge is 0.407 e. The van der Waals surface area contributed by atoms with E-state index >= 15 is 0 Å². The number of pyridine rings is 1. The maximum atomic E-state index is 13.5. The summed E-state index contributed by atoms with van der Waals surface area (Å²) in [4.78, 5) is 31.8. The number of hydrogen-bond acceptors (Lipinski definition) is 6. The number of nitrogens with one attached hydrogen (secondary N) is 1. The number of ether oxygens (including phenoxy) is 2. The lowest BCUT2D eigenvalue weighted by molar-refractivity contribution is -0.310. The van der Waals surface area contributed by atoms with E-state index in [4.69, 9.17) is 10.5 Å². The minimum Gasteiger partial charge on any atom is -0.407 e. The van der Waals surface area contributed by atoms with Crippen LogP contribution in [0.2, 0.25) is 0 Å². The second-order valence-electron chi connectivity index (χ2n) is 8.83. The van der Waals surface area contributed by atoms with E-state index in [1.165, 1.54) is 12.3 Å². The standard InChI is InChI=1S/C26H27F3N4O4/c1-17(33-11-13-36-14-12-33)24(35)32-25(15-19(23(30)34)7-10-22(25)37-26(27,28)29)20-8-9-21(31-16-20)18-5-3-2-4-6-18/h2-10,16-17H,11-15H2,1H3,(H2,30,34)(H,32,35). The van der Waals surface area contributed by atoms with Crippen LogP contribution in [0.3, 0.4) is 0 Å². The van der Waals surface area contributed by atoms with Crippen LogP contribution in [0.4, 0.5) is 13.2 Å². The van der Waals surface area contributed by atoms with E-state index in [1.54, 1.807) is 19.1 Å². The lowest BCUT2D eigenvalue weighted by atomic mass is 9.78. The minimum atomic E-state index is -5.05. The molecule has 37 heavy (non-hydrogen) atoms. The van der Waals surface area contributed by atoms with Gasteiger partial charge >= 0.3 is 6.36 Å². The maximum Gasteiger partial charge on any atom is 0.572 e. The molecule has 0 radical (unpaired) electrons. The largest absolute Gasteiger partial charge is 0.572 e. The molecule has 1 aromatic heterocycles. The van der Waals surface area contributed by atoms with Crippen LogP contribution >= 0.6 is 0 Å². The number of nitrogens with zero attached hydrogens (tertiary/aromatic N) is 2. The number of nitrogens with two attached hydrogens (primary N) is 1. The van der Waals surface area contributed by atoms with Gasteiger partial charge in [-0.25, -0.2) is 0 Å². The lowest BCUT2D eigenvalue weighted by Crippen LogP contribution is -2.57. The summed E-state index contributed by atoms with van der Waals surface area (Å²) < 4.78 is 50.2. The molecule has 0 saturated carbocycles. The van der Waals surface area contributed by atoms with Gasteiger partial charge < -0.3 is 20.5 Å². The molecule has 2 atom stereocenters. The first-order chi connectivity index (χ1) is 17.6. The SMILES string of the molecule is CC(C(=O)NC1(c2ccc(-c3ccccc3)nc2)CC(C(N)=O)=CC=C1OC(F)(F)F)N1CCOCC1. The summed E-state index contributed by atoms with van der Waals surface area (Å²) in [5, 5.41) is 2.76. The average Bonchev–Trinajstić information content (AvgIpc) is 2.89. The van der Waals surface area contributed by atoms with Gasteiger partial charge in [-0.1, -0.05) is 42.5 Å². The van der Waals surface area contributed by atoms with Gasteiger partial charge in [-0.05, 0) is 19.1 Å². The Hall–Kier alpha value is -3.70. The van der Waals surface area contributed by atoms with Gasteiger partial charge in [0.2, 0.25) is 11.8 Å². The van der Waals surface area contributed by atoms with Crippen molar-refractivity contribution < 1.29 is 32.2 Å². The number of carbonyl (C=O) groups is 2. The Bertz CT molecular complexity index is 1190. The van der Waals surface area contributed by atoms with Crippen molar-refractivity contribution in [3.8, 4) is 11.3 Å². The highest BCUT2D eigenvalue weighted by molar-refractivity contribution is 5.93. The number of amides is 2. The van der Waals surface area contributed by atoms with Crippen LogP contribution in [-0.4, -0.2) is 60.4 Å². The Morgan fingerprint density at radius 3 is 2.43 bits per heavy atom. The van der Waals surface area contributed by atoms with Gasteiger partial charge in [-0.3, -0.25) is 19.5 Å². The number of alkyl halides is 3. The van der Waals surface area contributed by atoms with Crippen molar-refractivity contribution >= 4 is 11.8 Å². The molecule has 1 aliphatic heterocycles. The van der Waals surface area contributed by atoms with E-state index in [-0.39, 0.29) is 17.6 Å². The average molecular weight is 517 g/mol. The van der Waals surface area contributed by atoms with Crippen LogP contribution in [0.5, 0.6) is 0 Å². The van der Waals surface area contributed by atoms with Crippen molar-refractivity contribution in [1.82, 2.24) is 15.2 Å². The first-order valence-electron chi connectivity index (χ1n) is 11.7. The van der Waals surface area contributed by atoms with Gasteiger partial charge in [0.25, 0.3) is 0 Å². The van der Waals surface area contributed by atoms with Crippen molar-refractivity contribution in [2.75, 3.05) is 26.3 Å². The molecule has 1 aromatic carbocycles. The first-order valence-corrected chi connectivity index (χ1v) is 11.7. The van der Waals surface area contributed by atoms with Crippen LogP contribution in [0.1, 0.15) is 18.9 Å². The van der Waals surface area contributed by atoms with E-state index in [1.807, 2.05) is 35.2 Å². The molecule has 196 valence electrons. The van der Waals surface area contributed by atoms with Gasteiger partial charge in [0, 0.05) is 42.4 Å². The van der Waals surface area contributed by atoms with Gasteiger partial charge in [-0.15, -0.1) is 13.2 Å². The normalized spacial score (nSPS) is 21.4. The number of aromatic nitrogens is 1. The number of halogens is 3. The number of carbonyl (C=O) groups excluding carboxylic acids is 2. The molecule has 0 bridgehead atoms. The maximum absolute atomic E-state index is 13.5. The van der Waals surface area contributed by atoms with Crippen molar-refractivity contribution in [3.05, 3.63) is 77.7 Å². The second kappa shape index (κ2) is 10.7. The Morgan fingerprint density at radius 1 is 1.14 bits per heavy atom. The number of hydrogen-bond donors (Lipinski definition) is 2. The Morgan fingerprint density at radius 2 is 1.84 bits per heavy atom. The number of rotatable bonds is 7. The highest BCUT2D eigenvalue weighted by Crippen LogP contribution is 2.42. The fourth-order valence-electron chi connectivity index (χ4n) is 4.46. The van der Waals surface area contributed by atoms with Gasteiger partial charge in [0.15, 0.2) is 0 Å². The molecule has 1 fully saturated rings. The van der Waals surface area contributed by atoms with Crippen molar-refractivity contribution in [2.45, 2.75) is 31.3 Å². The molecular formula is C26H27F3N4O4. The van der Waals surface area contributed by atoms with Gasteiger partial charge in [0.1, 0.15) is 11.3 Å². The predicted octanol–water partition coefficient (Wildman–Crippen LogP) is 3.02. The fourth-order valence-corrected chi connectivity index (χ4v) is 4.46. The molecule has 2 aromatic rings. The molecule has 2 heterocycles. The second-order valence-corrected chi connectivity index (χ2v) is 8.83. The van der Waals surface area contributed by atoms with Crippen LogP contribution in [0, 0.1) is 0 Å². The molecular weight excluding hydrogens is 489 g/mol. The van der Waals surface area contributed by atoms with Crippen LogP contribution in [0.25, 0.3) is 11.3 Å². The topological polar surface area (TPSA) is 107 Å². The molecule has 1 saturated heterocycles. The number of benzene rings is 1. The molecule has 8 nitrogen and oxygen atoms in total. The third-order valence-electron chi connectivity index (χ3n) is 6.49. The molecule has 11 heteroatoms. The molecule has 4 rings (SSSR count). The van der Waals surface area contributed by atoms with Crippen LogP contribution < -0.4 is 11.1 Å². The Labute approximate surface area is 211 Å². The summed E-state index contributed by atoms with van der Waals surface area (Å²) in [5.41, 5.74) is 5.23. The number of morpholine rings is 1. The van der Waals surface area contributed by atoms with E-state index in [2.05, 4.69) is 15.0 Å². The molecule has 0 spiro atoms. The van der Waals surface area contributed by atoms with E-state index < -0.39 is 35.5 Å². The molecule has 2 unspecified atom stereocenters. The quantitative estimate of drug-likeness (QED) is 0.586. The molecule has 2 aliphatic rings. The highest BCUT2D eigenvalue weighted by atomic mass is 19.4.